The van der Waals surface area contributed by atoms with Crippen molar-refractivity contribution < 1.29 is 31.2 Å². The molecular weight excluding hydrogens is 363 g/mol. The molecule has 0 aliphatic carbocycles. The molecule has 1 aliphatic rings. The number of nitrogens with zero attached hydrogens (tertiary/aromatic N) is 3. The molecule has 1 aromatic rings. The van der Waals surface area contributed by atoms with Crippen LogP contribution in [0.1, 0.15) is 31.5 Å². The monoisotopic (exact) mass is 379 g/mol. The Bertz CT molecular complexity index is 848. The summed E-state index contributed by atoms with van der Waals surface area (Å²) in [5, 5.41) is 6.51. The second kappa shape index (κ2) is 6.25. The zero-order valence-electron chi connectivity index (χ0n) is 13.7. The average molecular weight is 379 g/mol. The van der Waals surface area contributed by atoms with E-state index in [1.54, 1.807) is 13.8 Å². The molecule has 0 bridgehead atoms. The lowest BCUT2D eigenvalue weighted by atomic mass is 10.1. The minimum atomic E-state index is -4.85. The normalized spacial score (nSPS) is 16.9. The van der Waals surface area contributed by atoms with Gasteiger partial charge in [-0.05, 0) is 13.8 Å². The Labute approximate surface area is 142 Å². The molecule has 0 spiro atoms. The molecule has 0 amide bonds. The Morgan fingerprint density at radius 1 is 1.44 bits per heavy atom. The van der Waals surface area contributed by atoms with Gasteiger partial charge in [0.25, 0.3) is 0 Å². The number of aryl methyl sites for hydroxylation is 1. The number of ether oxygens (including phenoxy) is 1. The first kappa shape index (κ1) is 19.1. The highest BCUT2D eigenvalue weighted by Crippen LogP contribution is 2.37. The fraction of sp³-hybridized carbons (Fsp3) is 0.571. The lowest BCUT2D eigenvalue weighted by Gasteiger charge is -2.13. The van der Waals surface area contributed by atoms with E-state index in [2.05, 4.69) is 16.2 Å². The molecule has 0 saturated carbocycles. The summed E-state index contributed by atoms with van der Waals surface area (Å²) in [6.45, 7) is 2.90. The number of terminal acetylenes is 1. The molecule has 2 heterocycles. The van der Waals surface area contributed by atoms with E-state index in [-0.39, 0.29) is 24.0 Å². The van der Waals surface area contributed by atoms with Gasteiger partial charge in [-0.25, -0.2) is 13.1 Å². The van der Waals surface area contributed by atoms with Gasteiger partial charge < -0.3 is 9.57 Å². The number of aromatic nitrogens is 2. The lowest BCUT2D eigenvalue weighted by molar-refractivity contribution is -0.141. The van der Waals surface area contributed by atoms with E-state index in [1.807, 2.05) is 0 Å². The number of hydrogen-bond acceptors (Lipinski definition) is 6. The molecule has 0 aromatic carbocycles. The van der Waals surface area contributed by atoms with Crippen LogP contribution in [0.4, 0.5) is 13.2 Å². The fourth-order valence-electron chi connectivity index (χ4n) is 2.24. The standard InChI is InChI=1S/C14H16F3N3O4S/c1-5-6-23-12-9(11(14(15,16)17)18-20(12)4)8-25(21,22)10-7-13(2,3)24-19-10/h1H,6-8H2,2-4H3. The van der Waals surface area contributed by atoms with Gasteiger partial charge in [0, 0.05) is 13.5 Å². The number of oxime groups is 1. The summed E-state index contributed by atoms with van der Waals surface area (Å²) in [5.41, 5.74) is -2.80. The second-order valence-electron chi connectivity index (χ2n) is 6.02. The number of alkyl halides is 3. The smallest absolute Gasteiger partial charge is 0.435 e. The summed E-state index contributed by atoms with van der Waals surface area (Å²) in [6, 6.07) is 0. The minimum absolute atomic E-state index is 0.0442. The van der Waals surface area contributed by atoms with Gasteiger partial charge in [-0.15, -0.1) is 6.42 Å². The van der Waals surface area contributed by atoms with Crippen molar-refractivity contribution in [3.05, 3.63) is 11.3 Å². The van der Waals surface area contributed by atoms with E-state index in [1.165, 1.54) is 7.05 Å². The predicted molar refractivity (Wildman–Crippen MR) is 82.4 cm³/mol. The van der Waals surface area contributed by atoms with E-state index in [4.69, 9.17) is 16.0 Å². The van der Waals surface area contributed by atoms with Crippen molar-refractivity contribution in [2.75, 3.05) is 6.61 Å². The third kappa shape index (κ3) is 4.07. The van der Waals surface area contributed by atoms with Crippen molar-refractivity contribution >= 4 is 14.9 Å². The van der Waals surface area contributed by atoms with Crippen molar-refractivity contribution in [3.8, 4) is 18.2 Å². The molecule has 1 aliphatic heterocycles. The van der Waals surface area contributed by atoms with Gasteiger partial charge in [-0.2, -0.15) is 18.3 Å². The van der Waals surface area contributed by atoms with Crippen LogP contribution in [-0.2, 0) is 33.7 Å². The lowest BCUT2D eigenvalue weighted by Crippen LogP contribution is -2.24. The first-order chi connectivity index (χ1) is 11.4. The van der Waals surface area contributed by atoms with Crippen molar-refractivity contribution in [2.45, 2.75) is 37.8 Å². The van der Waals surface area contributed by atoms with Gasteiger partial charge in [0.1, 0.15) is 5.60 Å². The summed E-state index contributed by atoms with van der Waals surface area (Å²) < 4.78 is 70.5. The predicted octanol–water partition coefficient (Wildman–Crippen LogP) is 1.88. The van der Waals surface area contributed by atoms with E-state index in [9.17, 15) is 21.6 Å². The molecule has 0 N–H and O–H groups in total. The summed E-state index contributed by atoms with van der Waals surface area (Å²) >= 11 is 0. The first-order valence-corrected chi connectivity index (χ1v) is 8.70. The number of halogens is 3. The summed E-state index contributed by atoms with van der Waals surface area (Å²) in [7, 11) is -2.96. The molecule has 0 unspecified atom stereocenters. The van der Waals surface area contributed by atoms with Crippen LogP contribution in [0.25, 0.3) is 0 Å². The first-order valence-electron chi connectivity index (χ1n) is 7.04. The molecule has 0 saturated heterocycles. The quantitative estimate of drug-likeness (QED) is 0.746. The number of rotatable bonds is 4. The Kier molecular flexibility index (Phi) is 4.78. The van der Waals surface area contributed by atoms with Crippen LogP contribution in [0, 0.1) is 12.3 Å². The molecule has 2 rings (SSSR count). The molecule has 7 nitrogen and oxygen atoms in total. The maximum atomic E-state index is 13.2. The molecular formula is C14H16F3N3O4S. The third-order valence-corrected chi connectivity index (χ3v) is 4.92. The SMILES string of the molecule is C#CCOc1c(CS(=O)(=O)C2=NOC(C)(C)C2)c(C(F)(F)F)nn1C. The largest absolute Gasteiger partial charge is 0.464 e. The highest BCUT2D eigenvalue weighted by Gasteiger charge is 2.43. The molecule has 25 heavy (non-hydrogen) atoms. The van der Waals surface area contributed by atoms with Crippen LogP contribution < -0.4 is 4.74 Å². The van der Waals surface area contributed by atoms with Gasteiger partial charge in [0.05, 0.1) is 11.3 Å². The third-order valence-electron chi connectivity index (χ3n) is 3.31. The Balaban J connectivity index is 2.45. The van der Waals surface area contributed by atoms with Crippen LogP contribution in [0.3, 0.4) is 0 Å². The fourth-order valence-corrected chi connectivity index (χ4v) is 3.77. The van der Waals surface area contributed by atoms with Crippen molar-refractivity contribution in [1.29, 1.82) is 0 Å². The summed E-state index contributed by atoms with van der Waals surface area (Å²) in [5.74, 6) is 0.777. The summed E-state index contributed by atoms with van der Waals surface area (Å²) in [4.78, 5) is 4.98. The zero-order valence-corrected chi connectivity index (χ0v) is 14.5. The van der Waals surface area contributed by atoms with Crippen molar-refractivity contribution in [3.63, 3.8) is 0 Å². The molecule has 0 atom stereocenters. The van der Waals surface area contributed by atoms with Crippen LogP contribution in [0.2, 0.25) is 0 Å². The zero-order chi connectivity index (χ0) is 19.0. The summed E-state index contributed by atoms with van der Waals surface area (Å²) in [6.07, 6.45) is 0.147. The maximum absolute atomic E-state index is 13.2. The Hall–Kier alpha value is -2.22. The maximum Gasteiger partial charge on any atom is 0.435 e. The van der Waals surface area contributed by atoms with E-state index < -0.39 is 38.6 Å². The van der Waals surface area contributed by atoms with Crippen LogP contribution in [-0.4, -0.2) is 35.4 Å². The highest BCUT2D eigenvalue weighted by atomic mass is 32.2. The average Bonchev–Trinajstić information content (AvgIpc) is 2.97. The van der Waals surface area contributed by atoms with Crippen molar-refractivity contribution in [2.24, 2.45) is 12.2 Å². The Morgan fingerprint density at radius 2 is 2.08 bits per heavy atom. The number of hydrogen-bond donors (Lipinski definition) is 0. The van der Waals surface area contributed by atoms with Gasteiger partial charge in [-0.1, -0.05) is 11.1 Å². The van der Waals surface area contributed by atoms with Crippen LogP contribution >= 0.6 is 0 Å². The molecule has 1 aromatic heterocycles. The molecule has 138 valence electrons. The van der Waals surface area contributed by atoms with E-state index in [0.717, 1.165) is 4.68 Å². The van der Waals surface area contributed by atoms with Gasteiger partial charge in [0.2, 0.25) is 5.88 Å². The Morgan fingerprint density at radius 3 is 2.56 bits per heavy atom. The van der Waals surface area contributed by atoms with E-state index in [0.29, 0.717) is 0 Å². The number of sulfone groups is 1. The van der Waals surface area contributed by atoms with Crippen molar-refractivity contribution in [1.82, 2.24) is 9.78 Å². The second-order valence-corrected chi connectivity index (χ2v) is 8.01. The topological polar surface area (TPSA) is 82.8 Å². The van der Waals surface area contributed by atoms with Crippen LogP contribution in [0.15, 0.2) is 5.16 Å². The molecule has 11 heteroatoms. The van der Waals surface area contributed by atoms with Crippen LogP contribution in [0.5, 0.6) is 5.88 Å². The van der Waals surface area contributed by atoms with E-state index >= 15 is 0 Å². The van der Waals surface area contributed by atoms with Gasteiger partial charge >= 0.3 is 6.18 Å². The molecule has 0 radical (unpaired) electrons. The van der Waals surface area contributed by atoms with Gasteiger partial charge in [0.15, 0.2) is 27.2 Å². The highest BCUT2D eigenvalue weighted by molar-refractivity contribution is 8.05. The minimum Gasteiger partial charge on any atom is -0.464 e. The molecule has 0 fully saturated rings. The van der Waals surface area contributed by atoms with Gasteiger partial charge in [-0.3, -0.25) is 0 Å².